The Morgan fingerprint density at radius 3 is 2.53 bits per heavy atom. The van der Waals surface area contributed by atoms with Crippen molar-refractivity contribution in [3.05, 3.63) is 0 Å². The Balaban J connectivity index is 0.00000180. The first-order chi connectivity index (χ1) is 8.60. The zero-order valence-corrected chi connectivity index (χ0v) is 13.2. The predicted octanol–water partition coefficient (Wildman–Crippen LogP) is 2.88. The Hall–Kier alpha value is -0.280. The molecule has 2 fully saturated rings. The highest BCUT2D eigenvalue weighted by atomic mass is 35.5. The minimum Gasteiger partial charge on any atom is -0.354 e. The third-order valence-electron chi connectivity index (χ3n) is 4.81. The maximum Gasteiger partial charge on any atom is 0.240 e. The average Bonchev–Trinajstić information content (AvgIpc) is 2.38. The number of nitrogens with one attached hydrogen (secondary N) is 2. The van der Waals surface area contributed by atoms with E-state index in [0.29, 0.717) is 5.92 Å². The molecule has 1 aliphatic carbocycles. The summed E-state index contributed by atoms with van der Waals surface area (Å²) in [6.07, 6.45) is 8.56. The number of hydrogen-bond donors (Lipinski definition) is 2. The molecule has 0 aromatic heterocycles. The molecule has 2 rings (SSSR count). The molecule has 0 bridgehead atoms. The van der Waals surface area contributed by atoms with E-state index in [1.165, 1.54) is 32.1 Å². The van der Waals surface area contributed by atoms with E-state index < -0.39 is 0 Å². The number of piperidine rings is 1. The summed E-state index contributed by atoms with van der Waals surface area (Å²) in [6, 6.07) is 0. The summed E-state index contributed by atoms with van der Waals surface area (Å²) in [5.74, 6) is 1.80. The van der Waals surface area contributed by atoms with Gasteiger partial charge in [0.25, 0.3) is 0 Å². The second-order valence-corrected chi connectivity index (χ2v) is 6.55. The zero-order chi connectivity index (χ0) is 13.0. The smallest absolute Gasteiger partial charge is 0.240 e. The Morgan fingerprint density at radius 2 is 1.95 bits per heavy atom. The molecule has 0 aromatic carbocycles. The molecule has 4 heteroatoms. The highest BCUT2D eigenvalue weighted by molar-refractivity contribution is 5.86. The van der Waals surface area contributed by atoms with Crippen LogP contribution in [0.2, 0.25) is 0 Å². The van der Waals surface area contributed by atoms with Gasteiger partial charge in [-0.1, -0.05) is 19.8 Å². The minimum absolute atomic E-state index is 0. The van der Waals surface area contributed by atoms with E-state index in [4.69, 9.17) is 0 Å². The van der Waals surface area contributed by atoms with Gasteiger partial charge in [0.15, 0.2) is 0 Å². The molecule has 1 amide bonds. The van der Waals surface area contributed by atoms with Gasteiger partial charge in [-0.2, -0.15) is 0 Å². The number of halogens is 1. The highest BCUT2D eigenvalue weighted by Gasteiger charge is 2.34. The van der Waals surface area contributed by atoms with Gasteiger partial charge in [0.2, 0.25) is 5.91 Å². The number of carbonyl (C=O) groups excluding carboxylic acids is 1. The monoisotopic (exact) mass is 288 g/mol. The summed E-state index contributed by atoms with van der Waals surface area (Å²) in [4.78, 5) is 12.3. The predicted molar refractivity (Wildman–Crippen MR) is 81.6 cm³/mol. The molecule has 1 saturated carbocycles. The van der Waals surface area contributed by atoms with Crippen LogP contribution in [-0.2, 0) is 4.79 Å². The maximum absolute atomic E-state index is 12.3. The van der Waals surface area contributed by atoms with Crippen LogP contribution in [0.3, 0.4) is 0 Å². The summed E-state index contributed by atoms with van der Waals surface area (Å²) in [7, 11) is 0. The molecular formula is C15H29ClN2O. The van der Waals surface area contributed by atoms with Crippen molar-refractivity contribution in [2.24, 2.45) is 11.8 Å². The average molecular weight is 289 g/mol. The van der Waals surface area contributed by atoms with Crippen LogP contribution in [0.4, 0.5) is 0 Å². The second-order valence-electron chi connectivity index (χ2n) is 6.55. The topological polar surface area (TPSA) is 41.1 Å². The lowest BCUT2D eigenvalue weighted by Gasteiger charge is -2.34. The van der Waals surface area contributed by atoms with Crippen LogP contribution in [0.1, 0.15) is 58.8 Å². The van der Waals surface area contributed by atoms with Crippen molar-refractivity contribution in [1.82, 2.24) is 10.6 Å². The van der Waals surface area contributed by atoms with Crippen molar-refractivity contribution >= 4 is 18.3 Å². The van der Waals surface area contributed by atoms with E-state index in [0.717, 1.165) is 31.8 Å². The molecule has 1 heterocycles. The Morgan fingerprint density at radius 1 is 1.26 bits per heavy atom. The van der Waals surface area contributed by atoms with Crippen LogP contribution >= 0.6 is 12.4 Å². The van der Waals surface area contributed by atoms with Gasteiger partial charge in [-0.25, -0.2) is 0 Å². The highest BCUT2D eigenvalue weighted by Crippen LogP contribution is 2.28. The molecule has 0 spiro atoms. The number of hydrogen-bond acceptors (Lipinski definition) is 2. The molecule has 0 aromatic rings. The van der Waals surface area contributed by atoms with Crippen LogP contribution in [0.5, 0.6) is 0 Å². The Labute approximate surface area is 123 Å². The SMILES string of the molecule is CC1CCC(CNC(=O)C2(C)CCCCN2)CC1.Cl. The van der Waals surface area contributed by atoms with Crippen molar-refractivity contribution < 1.29 is 4.79 Å². The quantitative estimate of drug-likeness (QED) is 0.838. The summed E-state index contributed by atoms with van der Waals surface area (Å²) >= 11 is 0. The lowest BCUT2D eigenvalue weighted by molar-refractivity contribution is -0.128. The van der Waals surface area contributed by atoms with Gasteiger partial charge >= 0.3 is 0 Å². The summed E-state index contributed by atoms with van der Waals surface area (Å²) in [5.41, 5.74) is -0.319. The van der Waals surface area contributed by atoms with Crippen LogP contribution in [-0.4, -0.2) is 24.5 Å². The minimum atomic E-state index is -0.319. The number of carbonyl (C=O) groups is 1. The largest absolute Gasteiger partial charge is 0.354 e. The first kappa shape index (κ1) is 16.8. The fourth-order valence-electron chi connectivity index (χ4n) is 3.22. The summed E-state index contributed by atoms with van der Waals surface area (Å²) in [6.45, 7) is 6.24. The Bertz CT molecular complexity index is 282. The number of amides is 1. The van der Waals surface area contributed by atoms with Crippen molar-refractivity contribution in [2.45, 2.75) is 64.3 Å². The summed E-state index contributed by atoms with van der Waals surface area (Å²) in [5, 5.41) is 6.55. The van der Waals surface area contributed by atoms with Crippen molar-refractivity contribution in [3.63, 3.8) is 0 Å². The van der Waals surface area contributed by atoms with Gasteiger partial charge in [0.1, 0.15) is 0 Å². The lowest BCUT2D eigenvalue weighted by atomic mass is 9.83. The molecule has 112 valence electrons. The first-order valence-corrected chi connectivity index (χ1v) is 7.63. The molecule has 0 radical (unpaired) electrons. The zero-order valence-electron chi connectivity index (χ0n) is 12.3. The third-order valence-corrected chi connectivity index (χ3v) is 4.81. The fourth-order valence-corrected chi connectivity index (χ4v) is 3.22. The van der Waals surface area contributed by atoms with Crippen LogP contribution < -0.4 is 10.6 Å². The molecule has 19 heavy (non-hydrogen) atoms. The molecule has 2 N–H and O–H groups in total. The second kappa shape index (κ2) is 7.49. The standard InChI is InChI=1S/C15H28N2O.ClH/c1-12-5-7-13(8-6-12)11-16-14(18)15(2)9-3-4-10-17-15;/h12-13,17H,3-11H2,1-2H3,(H,16,18);1H. The van der Waals surface area contributed by atoms with Crippen molar-refractivity contribution in [3.8, 4) is 0 Å². The van der Waals surface area contributed by atoms with E-state index in [2.05, 4.69) is 17.6 Å². The van der Waals surface area contributed by atoms with Gasteiger partial charge in [-0.15, -0.1) is 12.4 Å². The third kappa shape index (κ3) is 4.64. The van der Waals surface area contributed by atoms with Crippen LogP contribution in [0, 0.1) is 11.8 Å². The van der Waals surface area contributed by atoms with Gasteiger partial charge < -0.3 is 10.6 Å². The number of rotatable bonds is 3. The van der Waals surface area contributed by atoms with Gasteiger partial charge in [-0.3, -0.25) is 4.79 Å². The summed E-state index contributed by atoms with van der Waals surface area (Å²) < 4.78 is 0. The molecular weight excluding hydrogens is 260 g/mol. The van der Waals surface area contributed by atoms with E-state index in [9.17, 15) is 4.79 Å². The molecule has 1 unspecified atom stereocenters. The fraction of sp³-hybridized carbons (Fsp3) is 0.933. The van der Waals surface area contributed by atoms with Crippen LogP contribution in [0.15, 0.2) is 0 Å². The molecule has 3 nitrogen and oxygen atoms in total. The molecule has 2 aliphatic rings. The normalized spacial score (nSPS) is 35.3. The first-order valence-electron chi connectivity index (χ1n) is 7.63. The molecule has 1 saturated heterocycles. The van der Waals surface area contributed by atoms with E-state index in [1.54, 1.807) is 0 Å². The molecule has 1 aliphatic heterocycles. The van der Waals surface area contributed by atoms with Gasteiger partial charge in [0, 0.05) is 6.54 Å². The molecule has 1 atom stereocenters. The van der Waals surface area contributed by atoms with Gasteiger partial charge in [-0.05, 0) is 57.4 Å². The maximum atomic E-state index is 12.3. The van der Waals surface area contributed by atoms with Crippen LogP contribution in [0.25, 0.3) is 0 Å². The van der Waals surface area contributed by atoms with E-state index in [1.807, 2.05) is 6.92 Å². The van der Waals surface area contributed by atoms with E-state index in [-0.39, 0.29) is 23.9 Å². The van der Waals surface area contributed by atoms with Crippen molar-refractivity contribution in [1.29, 1.82) is 0 Å². The van der Waals surface area contributed by atoms with Gasteiger partial charge in [0.05, 0.1) is 5.54 Å². The lowest BCUT2D eigenvalue weighted by Crippen LogP contribution is -2.57. The Kier molecular flexibility index (Phi) is 6.61. The van der Waals surface area contributed by atoms with Crippen molar-refractivity contribution in [2.75, 3.05) is 13.1 Å². The van der Waals surface area contributed by atoms with E-state index >= 15 is 0 Å².